The number of hydrogen-bond donors (Lipinski definition) is 0. The van der Waals surface area contributed by atoms with E-state index < -0.39 is 0 Å². The van der Waals surface area contributed by atoms with Crippen molar-refractivity contribution in [2.75, 3.05) is 0 Å². The number of rotatable bonds is 4. The van der Waals surface area contributed by atoms with Crippen LogP contribution < -0.4 is 0 Å². The highest BCUT2D eigenvalue weighted by Crippen LogP contribution is 2.22. The number of hydrogen-bond acceptors (Lipinski definition) is 1. The Labute approximate surface area is 104 Å². The number of aryl methyl sites for hydroxylation is 1. The van der Waals surface area contributed by atoms with Crippen LogP contribution in [-0.2, 0) is 17.6 Å². The first-order chi connectivity index (χ1) is 7.04. The Kier molecular flexibility index (Phi) is 4.81. The van der Waals surface area contributed by atoms with E-state index in [1.54, 1.807) is 0 Å². The van der Waals surface area contributed by atoms with Gasteiger partial charge in [-0.25, -0.2) is 0 Å². The Morgan fingerprint density at radius 1 is 1.53 bits per heavy atom. The second-order valence-electron chi connectivity index (χ2n) is 3.69. The minimum Gasteiger partial charge on any atom is -0.281 e. The lowest BCUT2D eigenvalue weighted by Gasteiger charge is -2.09. The normalized spacial score (nSPS) is 12.5. The standard InChI is InChI=1S/C12H14BrClO/c1-3-9-4-5-10(11(13)7-9)6-8(2)12(14)15/h4-5,7-8H,3,6H2,1-2H3. The summed E-state index contributed by atoms with van der Waals surface area (Å²) in [5.41, 5.74) is 2.42. The first-order valence-electron chi connectivity index (χ1n) is 5.01. The van der Waals surface area contributed by atoms with Crippen molar-refractivity contribution in [2.45, 2.75) is 26.7 Å². The van der Waals surface area contributed by atoms with Crippen molar-refractivity contribution < 1.29 is 4.79 Å². The van der Waals surface area contributed by atoms with E-state index in [1.165, 1.54) is 5.56 Å². The van der Waals surface area contributed by atoms with Gasteiger partial charge in [-0.2, -0.15) is 0 Å². The van der Waals surface area contributed by atoms with E-state index in [0.29, 0.717) is 6.42 Å². The largest absolute Gasteiger partial charge is 0.281 e. The van der Waals surface area contributed by atoms with E-state index in [2.05, 4.69) is 41.1 Å². The molecule has 0 aliphatic carbocycles. The Morgan fingerprint density at radius 2 is 2.20 bits per heavy atom. The smallest absolute Gasteiger partial charge is 0.224 e. The van der Waals surface area contributed by atoms with Crippen LogP contribution in [0.25, 0.3) is 0 Å². The molecule has 1 nitrogen and oxygen atoms in total. The first kappa shape index (κ1) is 12.7. The van der Waals surface area contributed by atoms with Crippen LogP contribution in [0.5, 0.6) is 0 Å². The van der Waals surface area contributed by atoms with Gasteiger partial charge in [-0.15, -0.1) is 0 Å². The molecule has 1 aromatic carbocycles. The molecule has 0 N–H and O–H groups in total. The van der Waals surface area contributed by atoms with Crippen LogP contribution in [0.1, 0.15) is 25.0 Å². The maximum absolute atomic E-state index is 10.9. The lowest BCUT2D eigenvalue weighted by atomic mass is 10.0. The van der Waals surface area contributed by atoms with Gasteiger partial charge in [-0.3, -0.25) is 4.79 Å². The van der Waals surface area contributed by atoms with E-state index in [-0.39, 0.29) is 11.2 Å². The molecule has 1 rings (SSSR count). The minimum absolute atomic E-state index is 0.129. The molecule has 0 heterocycles. The van der Waals surface area contributed by atoms with Crippen molar-refractivity contribution >= 4 is 32.8 Å². The summed E-state index contributed by atoms with van der Waals surface area (Å²) in [4.78, 5) is 10.9. The van der Waals surface area contributed by atoms with Gasteiger partial charge >= 0.3 is 0 Å². The lowest BCUT2D eigenvalue weighted by Crippen LogP contribution is -2.07. The van der Waals surface area contributed by atoms with E-state index >= 15 is 0 Å². The molecule has 0 spiro atoms. The summed E-state index contributed by atoms with van der Waals surface area (Å²) in [6.45, 7) is 3.96. The topological polar surface area (TPSA) is 17.1 Å². The molecule has 0 fully saturated rings. The molecule has 0 aromatic heterocycles. The van der Waals surface area contributed by atoms with Gasteiger partial charge < -0.3 is 0 Å². The molecule has 82 valence electrons. The van der Waals surface area contributed by atoms with Crippen LogP contribution in [0.3, 0.4) is 0 Å². The summed E-state index contributed by atoms with van der Waals surface area (Å²) in [5, 5.41) is -0.276. The number of halogens is 2. The molecule has 0 aliphatic rings. The Bertz CT molecular complexity index is 363. The number of carbonyl (C=O) groups excluding carboxylic acids is 1. The van der Waals surface area contributed by atoms with Gasteiger partial charge in [0.15, 0.2) is 0 Å². The van der Waals surface area contributed by atoms with Crippen molar-refractivity contribution in [3.63, 3.8) is 0 Å². The van der Waals surface area contributed by atoms with Gasteiger partial charge in [0.25, 0.3) is 0 Å². The third-order valence-electron chi connectivity index (χ3n) is 2.44. The second kappa shape index (κ2) is 5.66. The summed E-state index contributed by atoms with van der Waals surface area (Å²) >= 11 is 8.95. The maximum Gasteiger partial charge on any atom is 0.224 e. The Balaban J connectivity index is 2.82. The van der Waals surface area contributed by atoms with Gasteiger partial charge in [-0.1, -0.05) is 41.9 Å². The van der Waals surface area contributed by atoms with Crippen LogP contribution in [0.15, 0.2) is 22.7 Å². The average molecular weight is 290 g/mol. The summed E-state index contributed by atoms with van der Waals surface area (Å²) in [6, 6.07) is 6.24. The van der Waals surface area contributed by atoms with Crippen LogP contribution >= 0.6 is 27.5 Å². The van der Waals surface area contributed by atoms with Gasteiger partial charge in [0.1, 0.15) is 0 Å². The molecule has 1 atom stereocenters. The third kappa shape index (κ3) is 3.62. The maximum atomic E-state index is 10.9. The monoisotopic (exact) mass is 288 g/mol. The highest BCUT2D eigenvalue weighted by molar-refractivity contribution is 9.10. The molecule has 0 aliphatic heterocycles. The molecule has 1 unspecified atom stereocenters. The summed E-state index contributed by atoms with van der Waals surface area (Å²) in [7, 11) is 0. The average Bonchev–Trinajstić information content (AvgIpc) is 2.20. The predicted molar refractivity (Wildman–Crippen MR) is 67.2 cm³/mol. The summed E-state index contributed by atoms with van der Waals surface area (Å²) in [5.74, 6) is -0.129. The van der Waals surface area contributed by atoms with E-state index in [4.69, 9.17) is 11.6 Å². The fourth-order valence-corrected chi connectivity index (χ4v) is 2.05. The molecule has 0 saturated carbocycles. The highest BCUT2D eigenvalue weighted by Gasteiger charge is 2.12. The molecular formula is C12H14BrClO. The van der Waals surface area contributed by atoms with E-state index in [0.717, 1.165) is 16.5 Å². The molecule has 1 aromatic rings. The summed E-state index contributed by atoms with van der Waals surface area (Å²) < 4.78 is 1.06. The van der Waals surface area contributed by atoms with Gasteiger partial charge in [0.2, 0.25) is 5.24 Å². The Morgan fingerprint density at radius 3 is 2.67 bits per heavy atom. The molecule has 3 heteroatoms. The second-order valence-corrected chi connectivity index (χ2v) is 4.92. The first-order valence-corrected chi connectivity index (χ1v) is 6.18. The highest BCUT2D eigenvalue weighted by atomic mass is 79.9. The molecule has 0 saturated heterocycles. The van der Waals surface area contributed by atoms with Crippen LogP contribution in [0.2, 0.25) is 0 Å². The van der Waals surface area contributed by atoms with Gasteiger partial charge in [0, 0.05) is 10.4 Å². The zero-order valence-corrected chi connectivity index (χ0v) is 11.2. The molecular weight excluding hydrogens is 275 g/mol. The summed E-state index contributed by atoms with van der Waals surface area (Å²) in [6.07, 6.45) is 1.70. The van der Waals surface area contributed by atoms with Crippen molar-refractivity contribution in [3.8, 4) is 0 Å². The third-order valence-corrected chi connectivity index (χ3v) is 3.55. The molecule has 0 bridgehead atoms. The van der Waals surface area contributed by atoms with Crippen molar-refractivity contribution in [1.82, 2.24) is 0 Å². The molecule has 0 amide bonds. The molecule has 15 heavy (non-hydrogen) atoms. The van der Waals surface area contributed by atoms with E-state index in [9.17, 15) is 4.79 Å². The van der Waals surface area contributed by atoms with Crippen LogP contribution in [0.4, 0.5) is 0 Å². The van der Waals surface area contributed by atoms with Crippen LogP contribution in [0, 0.1) is 5.92 Å². The zero-order valence-electron chi connectivity index (χ0n) is 8.89. The van der Waals surface area contributed by atoms with Crippen molar-refractivity contribution in [1.29, 1.82) is 0 Å². The molecule has 0 radical (unpaired) electrons. The fraction of sp³-hybridized carbons (Fsp3) is 0.417. The van der Waals surface area contributed by atoms with E-state index in [1.807, 2.05) is 6.92 Å². The quantitative estimate of drug-likeness (QED) is 0.767. The predicted octanol–water partition coefficient (Wildman–Crippen LogP) is 3.96. The Hall–Kier alpha value is -0.340. The van der Waals surface area contributed by atoms with Crippen LogP contribution in [-0.4, -0.2) is 5.24 Å². The SMILES string of the molecule is CCc1ccc(CC(C)C(=O)Cl)c(Br)c1. The number of carbonyl (C=O) groups is 1. The minimum atomic E-state index is -0.276. The lowest BCUT2D eigenvalue weighted by molar-refractivity contribution is -0.114. The fourth-order valence-electron chi connectivity index (χ4n) is 1.39. The van der Waals surface area contributed by atoms with Gasteiger partial charge in [0.05, 0.1) is 0 Å². The van der Waals surface area contributed by atoms with Gasteiger partial charge in [-0.05, 0) is 41.6 Å². The van der Waals surface area contributed by atoms with Crippen molar-refractivity contribution in [3.05, 3.63) is 33.8 Å². The number of benzene rings is 1. The van der Waals surface area contributed by atoms with Crippen molar-refractivity contribution in [2.24, 2.45) is 5.92 Å². The zero-order chi connectivity index (χ0) is 11.4.